The maximum atomic E-state index is 12.9. The molecule has 0 aliphatic rings. The largest absolute Gasteiger partial charge is 0.249 e. The van der Waals surface area contributed by atoms with E-state index < -0.39 is 10.8 Å². The molecule has 0 aromatic heterocycles. The molecule has 0 N–H and O–H groups in total. The summed E-state index contributed by atoms with van der Waals surface area (Å²) in [5.74, 6) is 0.379. The second-order valence-corrected chi connectivity index (χ2v) is 7.88. The molecule has 1 nitrogen and oxygen atoms in total. The lowest BCUT2D eigenvalue weighted by Gasteiger charge is -2.14. The minimum atomic E-state index is -1.13. The monoisotopic (exact) mass is 316 g/mol. The summed E-state index contributed by atoms with van der Waals surface area (Å²) in [6, 6.07) is 19.8. The Labute approximate surface area is 133 Å². The lowest BCUT2D eigenvalue weighted by molar-refractivity contribution is 0.686. The maximum Gasteiger partial charge on any atom is 0.0917 e. The van der Waals surface area contributed by atoms with Gasteiger partial charge < -0.3 is 0 Å². The van der Waals surface area contributed by atoms with Crippen LogP contribution in [0.15, 0.2) is 80.3 Å². The Balaban J connectivity index is 2.38. The van der Waals surface area contributed by atoms with Gasteiger partial charge >= 0.3 is 0 Å². The first-order valence-electron chi connectivity index (χ1n) is 7.00. The van der Waals surface area contributed by atoms with Gasteiger partial charge in [-0.2, -0.15) is 0 Å². The van der Waals surface area contributed by atoms with Gasteiger partial charge in [0.15, 0.2) is 0 Å². The topological polar surface area (TPSA) is 17.1 Å². The Morgan fingerprint density at radius 3 is 2.00 bits per heavy atom. The van der Waals surface area contributed by atoms with Crippen LogP contribution in [0.1, 0.15) is 20.8 Å². The Hall–Kier alpha value is -1.32. The Bertz CT molecular complexity index is 631. The molecule has 3 heteroatoms. The smallest absolute Gasteiger partial charge is 0.0917 e. The summed E-state index contributed by atoms with van der Waals surface area (Å²) in [7, 11) is -1.13. The number of hydrogen-bond acceptors (Lipinski definition) is 2. The highest BCUT2D eigenvalue weighted by molar-refractivity contribution is 8.16. The highest BCUT2D eigenvalue weighted by Gasteiger charge is 2.16. The zero-order chi connectivity index (χ0) is 15.2. The number of benzene rings is 2. The average Bonchev–Trinajstić information content (AvgIpc) is 2.53. The zero-order valence-electron chi connectivity index (χ0n) is 12.6. The molecule has 2 aromatic rings. The standard InChI is InChI=1S/C18H20OS2/c1-14(2)15(3)18(20-16-10-6-4-7-11-16)21(19)17-12-8-5-9-13-17/h4-14H,1-3H3. The third kappa shape index (κ3) is 4.32. The van der Waals surface area contributed by atoms with E-state index in [0.717, 1.165) is 14.0 Å². The first kappa shape index (κ1) is 16.1. The molecule has 2 aromatic carbocycles. The molecule has 0 spiro atoms. The van der Waals surface area contributed by atoms with Crippen LogP contribution in [0.5, 0.6) is 0 Å². The van der Waals surface area contributed by atoms with Crippen LogP contribution < -0.4 is 0 Å². The number of allylic oxidation sites excluding steroid dienone is 1. The summed E-state index contributed by atoms with van der Waals surface area (Å²) in [4.78, 5) is 1.98. The van der Waals surface area contributed by atoms with Crippen LogP contribution in [0.2, 0.25) is 0 Å². The van der Waals surface area contributed by atoms with Crippen LogP contribution in [0.3, 0.4) is 0 Å². The second-order valence-electron chi connectivity index (χ2n) is 5.12. The lowest BCUT2D eigenvalue weighted by atomic mass is 10.1. The molecule has 0 saturated heterocycles. The third-order valence-corrected chi connectivity index (χ3v) is 6.35. The van der Waals surface area contributed by atoms with Crippen molar-refractivity contribution in [2.45, 2.75) is 30.6 Å². The lowest BCUT2D eigenvalue weighted by Crippen LogP contribution is -2.00. The summed E-state index contributed by atoms with van der Waals surface area (Å²) in [5.41, 5.74) is 1.19. The SMILES string of the molecule is CC(=C(Sc1ccccc1)S(=O)c1ccccc1)C(C)C. The summed E-state index contributed by atoms with van der Waals surface area (Å²) >= 11 is 1.61. The van der Waals surface area contributed by atoms with E-state index >= 15 is 0 Å². The van der Waals surface area contributed by atoms with Gasteiger partial charge in [0.1, 0.15) is 0 Å². The van der Waals surface area contributed by atoms with Crippen molar-refractivity contribution in [1.29, 1.82) is 0 Å². The summed E-state index contributed by atoms with van der Waals surface area (Å²) in [5, 5.41) is 0. The molecule has 0 heterocycles. The fourth-order valence-electron chi connectivity index (χ4n) is 1.75. The van der Waals surface area contributed by atoms with E-state index in [2.05, 4.69) is 32.9 Å². The van der Waals surface area contributed by atoms with Crippen LogP contribution >= 0.6 is 11.8 Å². The molecular weight excluding hydrogens is 296 g/mol. The molecule has 0 aliphatic carbocycles. The van der Waals surface area contributed by atoms with E-state index in [1.165, 1.54) is 5.57 Å². The van der Waals surface area contributed by atoms with Gasteiger partial charge in [-0.1, -0.05) is 62.0 Å². The van der Waals surface area contributed by atoms with Gasteiger partial charge in [0, 0.05) is 9.79 Å². The summed E-state index contributed by atoms with van der Waals surface area (Å²) in [6.45, 7) is 6.36. The first-order valence-corrected chi connectivity index (χ1v) is 8.96. The van der Waals surface area contributed by atoms with E-state index in [0.29, 0.717) is 5.92 Å². The first-order chi connectivity index (χ1) is 10.1. The normalized spacial score (nSPS) is 13.9. The highest BCUT2D eigenvalue weighted by Crippen LogP contribution is 2.36. The molecule has 0 saturated carbocycles. The molecule has 0 radical (unpaired) electrons. The molecule has 0 amide bonds. The molecule has 0 fully saturated rings. The van der Waals surface area contributed by atoms with Gasteiger partial charge in [0.25, 0.3) is 0 Å². The van der Waals surface area contributed by atoms with Gasteiger partial charge in [0.2, 0.25) is 0 Å². The van der Waals surface area contributed by atoms with Crippen molar-refractivity contribution >= 4 is 22.6 Å². The van der Waals surface area contributed by atoms with E-state index in [-0.39, 0.29) is 0 Å². The molecule has 1 unspecified atom stereocenters. The Kier molecular flexibility index (Phi) is 5.83. The molecule has 21 heavy (non-hydrogen) atoms. The molecule has 1 atom stereocenters. The van der Waals surface area contributed by atoms with Crippen molar-refractivity contribution < 1.29 is 4.21 Å². The van der Waals surface area contributed by atoms with Crippen molar-refractivity contribution in [3.8, 4) is 0 Å². The number of rotatable bonds is 5. The fourth-order valence-corrected chi connectivity index (χ4v) is 4.68. The van der Waals surface area contributed by atoms with E-state index in [1.54, 1.807) is 11.8 Å². The van der Waals surface area contributed by atoms with Gasteiger partial charge in [-0.25, -0.2) is 4.21 Å². The van der Waals surface area contributed by atoms with Crippen molar-refractivity contribution in [2.75, 3.05) is 0 Å². The van der Waals surface area contributed by atoms with Gasteiger partial charge in [-0.3, -0.25) is 0 Å². The molecular formula is C18H20OS2. The van der Waals surface area contributed by atoms with E-state index in [1.807, 2.05) is 48.5 Å². The maximum absolute atomic E-state index is 12.9. The minimum absolute atomic E-state index is 0.379. The average molecular weight is 316 g/mol. The van der Waals surface area contributed by atoms with Crippen molar-refractivity contribution in [1.82, 2.24) is 0 Å². The molecule has 0 bridgehead atoms. The van der Waals surface area contributed by atoms with Gasteiger partial charge in [-0.05, 0) is 42.7 Å². The highest BCUT2D eigenvalue weighted by atomic mass is 32.2. The Morgan fingerprint density at radius 1 is 0.952 bits per heavy atom. The molecule has 110 valence electrons. The molecule has 2 rings (SSSR count). The Morgan fingerprint density at radius 2 is 1.48 bits per heavy atom. The zero-order valence-corrected chi connectivity index (χ0v) is 14.2. The number of thioether (sulfide) groups is 1. The van der Waals surface area contributed by atoms with E-state index in [4.69, 9.17) is 0 Å². The summed E-state index contributed by atoms with van der Waals surface area (Å²) < 4.78 is 13.9. The van der Waals surface area contributed by atoms with Crippen molar-refractivity contribution in [3.05, 3.63) is 70.5 Å². The van der Waals surface area contributed by atoms with Crippen LogP contribution in [0, 0.1) is 5.92 Å². The van der Waals surface area contributed by atoms with Crippen LogP contribution in [0.25, 0.3) is 0 Å². The van der Waals surface area contributed by atoms with Crippen molar-refractivity contribution in [2.24, 2.45) is 5.92 Å². The van der Waals surface area contributed by atoms with Crippen molar-refractivity contribution in [3.63, 3.8) is 0 Å². The second kappa shape index (κ2) is 7.62. The predicted molar refractivity (Wildman–Crippen MR) is 92.7 cm³/mol. The number of hydrogen-bond donors (Lipinski definition) is 0. The van der Waals surface area contributed by atoms with Crippen LogP contribution in [0.4, 0.5) is 0 Å². The van der Waals surface area contributed by atoms with Gasteiger partial charge in [0.05, 0.1) is 15.0 Å². The molecule has 0 aliphatic heterocycles. The predicted octanol–water partition coefficient (Wildman–Crippen LogP) is 5.47. The van der Waals surface area contributed by atoms with Crippen LogP contribution in [-0.2, 0) is 10.8 Å². The van der Waals surface area contributed by atoms with Gasteiger partial charge in [-0.15, -0.1) is 0 Å². The van der Waals surface area contributed by atoms with E-state index in [9.17, 15) is 4.21 Å². The third-order valence-electron chi connectivity index (χ3n) is 3.27. The quantitative estimate of drug-likeness (QED) is 0.680. The van der Waals surface area contributed by atoms with Crippen LogP contribution in [-0.4, -0.2) is 4.21 Å². The summed E-state index contributed by atoms with van der Waals surface area (Å²) in [6.07, 6.45) is 0. The minimum Gasteiger partial charge on any atom is -0.249 e. The fraction of sp³-hybridized carbons (Fsp3) is 0.222.